The minimum absolute atomic E-state index is 0.102. The van der Waals surface area contributed by atoms with Crippen LogP contribution in [0.25, 0.3) is 0 Å². The lowest BCUT2D eigenvalue weighted by molar-refractivity contribution is -0.191. The number of carbonyl (C=O) groups excluding carboxylic acids is 4. The smallest absolute Gasteiger partial charge is 0.373 e. The quantitative estimate of drug-likeness (QED) is 0.242. The van der Waals surface area contributed by atoms with Crippen molar-refractivity contribution in [2.75, 3.05) is 13.1 Å². The summed E-state index contributed by atoms with van der Waals surface area (Å²) in [6.45, 7) is 15.0. The Balaban J connectivity index is 0.00000387. The van der Waals surface area contributed by atoms with E-state index in [0.717, 1.165) is 25.2 Å². The van der Waals surface area contributed by atoms with Gasteiger partial charge < -0.3 is 14.0 Å². The first-order valence-electron chi connectivity index (χ1n) is 13.0. The monoisotopic (exact) mass is 509 g/mol. The topological polar surface area (TPSA) is 108 Å². The number of hydrogen-bond acceptors (Lipinski definition) is 8. The van der Waals surface area contributed by atoms with E-state index in [1.807, 2.05) is 41.5 Å². The average molecular weight is 510 g/mol. The van der Waals surface area contributed by atoms with E-state index in [0.29, 0.717) is 6.54 Å². The number of aromatic nitrogens is 2. The molecule has 0 bridgehead atoms. The van der Waals surface area contributed by atoms with Gasteiger partial charge in [0.05, 0.1) is 13.1 Å². The van der Waals surface area contributed by atoms with Gasteiger partial charge in [-0.05, 0) is 54.5 Å². The van der Waals surface area contributed by atoms with Gasteiger partial charge in [0.15, 0.2) is 0 Å². The Hall–Kier alpha value is -2.51. The Morgan fingerprint density at radius 1 is 0.889 bits per heavy atom. The normalized spacial score (nSPS) is 11.4. The molecule has 0 saturated heterocycles. The van der Waals surface area contributed by atoms with Crippen LogP contribution in [0.4, 0.5) is 0 Å². The maximum Gasteiger partial charge on any atom is 0.373 e. The highest BCUT2D eigenvalue weighted by atomic mass is 16.6. The van der Waals surface area contributed by atoms with Crippen molar-refractivity contribution in [1.82, 2.24) is 14.5 Å². The molecule has 1 aromatic heterocycles. The zero-order valence-corrected chi connectivity index (χ0v) is 23.4. The maximum absolute atomic E-state index is 12.5. The second kappa shape index (κ2) is 17.8. The first kappa shape index (κ1) is 33.5. The van der Waals surface area contributed by atoms with Gasteiger partial charge in [-0.25, -0.2) is 4.98 Å². The van der Waals surface area contributed by atoms with Crippen LogP contribution in [0.3, 0.4) is 0 Å². The van der Waals surface area contributed by atoms with E-state index in [1.54, 1.807) is 17.0 Å². The summed E-state index contributed by atoms with van der Waals surface area (Å²) in [5.41, 5.74) is -1.05. The van der Waals surface area contributed by atoms with Crippen molar-refractivity contribution in [3.63, 3.8) is 0 Å². The molecule has 36 heavy (non-hydrogen) atoms. The van der Waals surface area contributed by atoms with E-state index in [1.165, 1.54) is 38.5 Å². The molecule has 1 heterocycles. The van der Waals surface area contributed by atoms with Gasteiger partial charge in [-0.15, -0.1) is 0 Å². The number of esters is 2. The van der Waals surface area contributed by atoms with Crippen molar-refractivity contribution >= 4 is 18.1 Å². The number of nitrogens with zero attached hydrogens (tertiary/aromatic N) is 3. The summed E-state index contributed by atoms with van der Waals surface area (Å²) < 4.78 is 12.8. The van der Waals surface area contributed by atoms with E-state index >= 15 is 0 Å². The summed E-state index contributed by atoms with van der Waals surface area (Å²) in [4.78, 5) is 47.5. The number of rotatable bonds is 15. The minimum Gasteiger partial charge on any atom is -0.459 e. The first-order valence-corrected chi connectivity index (χ1v) is 13.0. The summed E-state index contributed by atoms with van der Waals surface area (Å²) in [6.07, 6.45) is 13.6. The summed E-state index contributed by atoms with van der Waals surface area (Å²) in [7, 11) is 0. The molecular weight excluding hydrogens is 462 g/mol. The highest BCUT2D eigenvalue weighted by Gasteiger charge is 2.21. The molecule has 0 amide bonds. The molecule has 0 aliphatic heterocycles. The summed E-state index contributed by atoms with van der Waals surface area (Å²) in [6, 6.07) is 0. The van der Waals surface area contributed by atoms with Crippen LogP contribution >= 0.6 is 0 Å². The number of ether oxygens (including phenoxy) is 2. The molecule has 206 valence electrons. The third-order valence-electron chi connectivity index (χ3n) is 4.99. The Labute approximate surface area is 216 Å². The van der Waals surface area contributed by atoms with Gasteiger partial charge in [0.1, 0.15) is 23.6 Å². The molecule has 1 aromatic rings. The maximum atomic E-state index is 12.5. The van der Waals surface area contributed by atoms with E-state index < -0.39 is 11.2 Å². The fraction of sp³-hybridized carbons (Fsp3) is 0.778. The molecule has 0 spiro atoms. The van der Waals surface area contributed by atoms with Crippen molar-refractivity contribution in [3.8, 4) is 0 Å². The molecule has 0 radical (unpaired) electrons. The molecule has 0 unspecified atom stereocenters. The molecule has 0 fully saturated rings. The molecule has 9 nitrogen and oxygen atoms in total. The number of hydrogen-bond donors (Lipinski definition) is 0. The van der Waals surface area contributed by atoms with Crippen molar-refractivity contribution in [2.45, 2.75) is 124 Å². The predicted octanol–water partition coefficient (Wildman–Crippen LogP) is 4.93. The molecule has 9 heteroatoms. The Morgan fingerprint density at radius 2 is 1.39 bits per heavy atom. The minimum atomic E-state index is -0.531. The summed E-state index contributed by atoms with van der Waals surface area (Å²) >= 11 is 0. The Morgan fingerprint density at radius 3 is 1.92 bits per heavy atom. The largest absolute Gasteiger partial charge is 0.459 e. The van der Waals surface area contributed by atoms with Crippen LogP contribution in [0.2, 0.25) is 0 Å². The standard InChI is InChI=1S/C26H47N3O4.CO2/c1-8-9-10-11-12-13-14-15-17-28(20-23(30)32-25(2,3)4)19-22-27-16-18-29(22)21-24(31)33-26(5,6)7;2-1-3/h16,18H,8-15,17,19-21H2,1-7H3;. The van der Waals surface area contributed by atoms with Crippen LogP contribution in [0.1, 0.15) is 106 Å². The van der Waals surface area contributed by atoms with E-state index in [-0.39, 0.29) is 31.2 Å². The molecule has 0 aromatic carbocycles. The van der Waals surface area contributed by atoms with Gasteiger partial charge >= 0.3 is 18.1 Å². The molecule has 0 N–H and O–H groups in total. The lowest BCUT2D eigenvalue weighted by Crippen LogP contribution is -2.36. The summed E-state index contributed by atoms with van der Waals surface area (Å²) in [5.74, 6) is 0.194. The third kappa shape index (κ3) is 18.8. The molecular formula is C27H47N3O6. The molecule has 0 atom stereocenters. The SMILES string of the molecule is CCCCCCCCCCN(CC(=O)OC(C)(C)C)Cc1nccn1CC(=O)OC(C)(C)C.O=C=O. The van der Waals surface area contributed by atoms with Crippen LogP contribution in [-0.4, -0.2) is 56.8 Å². The lowest BCUT2D eigenvalue weighted by Gasteiger charge is -2.25. The van der Waals surface area contributed by atoms with Crippen LogP contribution in [0, 0.1) is 0 Å². The van der Waals surface area contributed by atoms with Crippen LogP contribution in [-0.2, 0) is 41.7 Å². The lowest BCUT2D eigenvalue weighted by atomic mass is 10.1. The molecule has 0 saturated carbocycles. The first-order chi connectivity index (χ1) is 16.8. The van der Waals surface area contributed by atoms with E-state index in [4.69, 9.17) is 19.1 Å². The fourth-order valence-corrected chi connectivity index (χ4v) is 3.59. The third-order valence-corrected chi connectivity index (χ3v) is 4.99. The zero-order valence-electron chi connectivity index (χ0n) is 23.4. The van der Waals surface area contributed by atoms with Gasteiger partial charge in [-0.3, -0.25) is 14.5 Å². The molecule has 0 aliphatic rings. The predicted molar refractivity (Wildman–Crippen MR) is 137 cm³/mol. The number of carbonyl (C=O) groups is 2. The van der Waals surface area contributed by atoms with E-state index in [2.05, 4.69) is 16.8 Å². The molecule has 0 aliphatic carbocycles. The zero-order chi connectivity index (χ0) is 27.6. The van der Waals surface area contributed by atoms with Crippen molar-refractivity contribution in [2.24, 2.45) is 0 Å². The van der Waals surface area contributed by atoms with Crippen LogP contribution < -0.4 is 0 Å². The number of unbranched alkanes of at least 4 members (excludes halogenated alkanes) is 7. The van der Waals surface area contributed by atoms with Gasteiger partial charge in [-0.1, -0.05) is 51.9 Å². The van der Waals surface area contributed by atoms with Gasteiger partial charge in [-0.2, -0.15) is 9.59 Å². The highest BCUT2D eigenvalue weighted by molar-refractivity contribution is 5.72. The Bertz CT molecular complexity index is 786. The van der Waals surface area contributed by atoms with Gasteiger partial charge in [0.2, 0.25) is 0 Å². The average Bonchev–Trinajstić information content (AvgIpc) is 3.13. The van der Waals surface area contributed by atoms with Gasteiger partial charge in [0, 0.05) is 12.4 Å². The fourth-order valence-electron chi connectivity index (χ4n) is 3.59. The second-order valence-corrected chi connectivity index (χ2v) is 10.9. The Kier molecular flexibility index (Phi) is 16.6. The van der Waals surface area contributed by atoms with Crippen molar-refractivity contribution in [3.05, 3.63) is 18.2 Å². The number of imidazole rings is 1. The second-order valence-electron chi connectivity index (χ2n) is 10.9. The summed E-state index contributed by atoms with van der Waals surface area (Å²) in [5, 5.41) is 0. The van der Waals surface area contributed by atoms with Gasteiger partial charge in [0.25, 0.3) is 0 Å². The van der Waals surface area contributed by atoms with Crippen molar-refractivity contribution < 1.29 is 28.7 Å². The molecule has 1 rings (SSSR count). The van der Waals surface area contributed by atoms with Crippen LogP contribution in [0.5, 0.6) is 0 Å². The van der Waals surface area contributed by atoms with E-state index in [9.17, 15) is 9.59 Å². The highest BCUT2D eigenvalue weighted by Crippen LogP contribution is 2.13. The van der Waals surface area contributed by atoms with Crippen LogP contribution in [0.15, 0.2) is 12.4 Å². The van der Waals surface area contributed by atoms with Crippen molar-refractivity contribution in [1.29, 1.82) is 0 Å².